The first kappa shape index (κ1) is 23.5. The van der Waals surface area contributed by atoms with Crippen molar-refractivity contribution in [2.45, 2.75) is 58.6 Å². The number of methoxy groups -OCH3 is 2. The number of carbonyl (C=O) groups excluding carboxylic acids is 3. The van der Waals surface area contributed by atoms with Gasteiger partial charge in [-0.2, -0.15) is 0 Å². The number of esters is 1. The Morgan fingerprint density at radius 1 is 1.11 bits per heavy atom. The van der Waals surface area contributed by atoms with E-state index in [1.165, 1.54) is 44.2 Å². The third kappa shape index (κ3) is 8.26. The molecule has 2 amide bonds. The topological polar surface area (TPSA) is 132 Å². The fraction of sp³-hybridized carbons (Fsp3) is 0.515. The van der Waals surface area contributed by atoms with Gasteiger partial charge in [-0.1, -0.05) is 37.6 Å². The van der Waals surface area contributed by atoms with Crippen molar-refractivity contribution in [2.75, 3.05) is 45.3 Å². The second-order valence-electron chi connectivity index (χ2n) is 11.1. The number of para-hydroxylation sites is 1. The van der Waals surface area contributed by atoms with Gasteiger partial charge in [0.15, 0.2) is 11.5 Å². The lowest BCUT2D eigenvalue weighted by atomic mass is 9.92. The van der Waals surface area contributed by atoms with Gasteiger partial charge >= 0.3 is 11.9 Å². The number of hydrogen-bond donors (Lipinski definition) is 1. The smallest absolute Gasteiger partial charge is 0.303 e. The van der Waals surface area contributed by atoms with E-state index in [1.54, 1.807) is 32.0 Å². The number of aliphatic carboxylic acids is 1. The quantitative estimate of drug-likeness (QED) is 0.337. The van der Waals surface area contributed by atoms with Gasteiger partial charge in [-0.15, -0.1) is 0 Å². The number of amides is 2. The number of carboxylic acids is 1. The molecular formula is C33H41ClN2O9. The Kier molecular flexibility index (Phi) is 7.58. The second-order valence-corrected chi connectivity index (χ2v) is 11.6. The van der Waals surface area contributed by atoms with Gasteiger partial charge in [0.1, 0.15) is 12.2 Å². The lowest BCUT2D eigenvalue weighted by Gasteiger charge is -2.34. The van der Waals surface area contributed by atoms with Crippen LogP contribution in [0.2, 0.25) is 5.02 Å². The monoisotopic (exact) mass is 653 g/mol. The average Bonchev–Trinajstić information content (AvgIpc) is 3.15. The lowest BCUT2D eigenvalue weighted by molar-refractivity contribution is -0.145. The number of rotatable bonds is 11. The molecule has 2 aromatic rings. The van der Waals surface area contributed by atoms with Crippen molar-refractivity contribution < 1.29 is 55.6 Å². The molecule has 2 heterocycles. The summed E-state index contributed by atoms with van der Waals surface area (Å²) in [6.07, 6.45) is -13.7. The molecule has 0 spiro atoms. The van der Waals surface area contributed by atoms with Crippen LogP contribution >= 0.6 is 11.6 Å². The largest absolute Gasteiger partial charge is 0.493 e. The van der Waals surface area contributed by atoms with Crippen LogP contribution in [0.25, 0.3) is 0 Å². The van der Waals surface area contributed by atoms with Crippen molar-refractivity contribution in [2.24, 2.45) is 11.3 Å². The predicted molar refractivity (Wildman–Crippen MR) is 167 cm³/mol. The molecule has 0 unspecified atom stereocenters. The zero-order valence-electron chi connectivity index (χ0n) is 34.4. The number of ether oxygens (including phenoxy) is 4. The molecule has 0 radical (unpaired) electrons. The first-order valence-corrected chi connectivity index (χ1v) is 14.3. The Balaban J connectivity index is 1.93. The van der Waals surface area contributed by atoms with E-state index in [1.807, 2.05) is 0 Å². The number of carbonyl (C=O) groups is 4. The minimum Gasteiger partial charge on any atom is -0.493 e. The summed E-state index contributed by atoms with van der Waals surface area (Å²) in [7, 11) is 2.74. The third-order valence-corrected chi connectivity index (χ3v) is 7.18. The standard InChI is InChI=1S/C33H41ClN2O9/c1-20(37)44-19-33(2,3)18-36-25-10-9-22(34)16-24(25)30(23-7-6-8-26(42-4)31(23)43-5)45-27(32(36)41)17-28(38)35-13-11-21(12-14-35)15-29(39)40/h6-10,16,21,27,30H,11-15,17-19H2,1-5H3,(H,39,40)/t27-,30-/m1/s1/i11D2,12D2,13D2,14D2,21D. The number of nitrogens with zero attached hydrogens (tertiary/aromatic N) is 2. The first-order valence-electron chi connectivity index (χ1n) is 18.4. The van der Waals surface area contributed by atoms with Gasteiger partial charge in [-0.05, 0) is 42.9 Å². The molecule has 1 fully saturated rings. The molecule has 2 aliphatic heterocycles. The highest BCUT2D eigenvalue weighted by Gasteiger charge is 2.41. The van der Waals surface area contributed by atoms with Gasteiger partial charge < -0.3 is 33.9 Å². The minimum atomic E-state index is -3.85. The Hall–Kier alpha value is -3.83. The molecule has 2 aliphatic rings. The molecule has 0 aromatic heterocycles. The van der Waals surface area contributed by atoms with Crippen LogP contribution in [0, 0.1) is 11.3 Å². The van der Waals surface area contributed by atoms with Crippen LogP contribution < -0.4 is 14.4 Å². The summed E-state index contributed by atoms with van der Waals surface area (Å²) in [6.45, 7) is -3.42. The van der Waals surface area contributed by atoms with Crippen LogP contribution in [0.5, 0.6) is 11.5 Å². The summed E-state index contributed by atoms with van der Waals surface area (Å²) in [5.41, 5.74) is -0.162. The SMILES string of the molecule is [2H]C1([2H])N(C(=O)C[C@H]2O[C@H](c3cccc(OC)c3OC)c3cc(Cl)ccc3N(CC(C)(C)COC(C)=O)C2=O)C([2H])([2H])C([2H])([2H])C([2H])(CC(=O)O)C1([2H])[2H]. The van der Waals surface area contributed by atoms with E-state index in [9.17, 15) is 24.3 Å². The molecule has 244 valence electrons. The lowest BCUT2D eigenvalue weighted by Crippen LogP contribution is -2.48. The van der Waals surface area contributed by atoms with Gasteiger partial charge in [-0.3, -0.25) is 19.2 Å². The number of fused-ring (bicyclic) bond motifs is 1. The van der Waals surface area contributed by atoms with Crippen molar-refractivity contribution in [1.82, 2.24) is 4.90 Å². The summed E-state index contributed by atoms with van der Waals surface area (Å²) < 4.78 is 100. The number of carboxylic acid groups (broad SMARTS) is 1. The van der Waals surface area contributed by atoms with Crippen LogP contribution in [-0.2, 0) is 28.7 Å². The van der Waals surface area contributed by atoms with E-state index in [0.717, 1.165) is 0 Å². The highest BCUT2D eigenvalue weighted by molar-refractivity contribution is 6.30. The molecule has 2 atom stereocenters. The van der Waals surface area contributed by atoms with Crippen molar-refractivity contribution in [3.63, 3.8) is 0 Å². The minimum absolute atomic E-state index is 0.157. The molecule has 0 saturated carbocycles. The Morgan fingerprint density at radius 2 is 1.82 bits per heavy atom. The number of benzene rings is 2. The molecule has 0 bridgehead atoms. The highest BCUT2D eigenvalue weighted by atomic mass is 35.5. The summed E-state index contributed by atoms with van der Waals surface area (Å²) >= 11 is 6.47. The number of likely N-dealkylation sites (tertiary alicyclic amines) is 1. The normalized spacial score (nSPS) is 27.2. The zero-order valence-corrected chi connectivity index (χ0v) is 26.2. The van der Waals surface area contributed by atoms with Gasteiger partial charge in [0.25, 0.3) is 5.91 Å². The maximum absolute atomic E-state index is 14.7. The molecule has 11 nitrogen and oxygen atoms in total. The van der Waals surface area contributed by atoms with Crippen LogP contribution in [0.4, 0.5) is 5.69 Å². The third-order valence-electron chi connectivity index (χ3n) is 6.95. The van der Waals surface area contributed by atoms with Gasteiger partial charge in [0.05, 0.1) is 27.2 Å². The molecule has 2 aromatic carbocycles. The van der Waals surface area contributed by atoms with E-state index in [4.69, 9.17) is 42.9 Å². The van der Waals surface area contributed by atoms with Gasteiger partial charge in [0, 0.05) is 72.5 Å². The van der Waals surface area contributed by atoms with E-state index < -0.39 is 85.9 Å². The van der Waals surface area contributed by atoms with Crippen LogP contribution in [0.1, 0.15) is 75.9 Å². The summed E-state index contributed by atoms with van der Waals surface area (Å²) in [4.78, 5) is 53.2. The van der Waals surface area contributed by atoms with Gasteiger partial charge in [0.2, 0.25) is 5.91 Å². The Labute approximate surface area is 281 Å². The average molecular weight is 654 g/mol. The number of hydrogen-bond acceptors (Lipinski definition) is 8. The fourth-order valence-corrected chi connectivity index (χ4v) is 5.10. The molecule has 45 heavy (non-hydrogen) atoms. The van der Waals surface area contributed by atoms with Gasteiger partial charge in [-0.25, -0.2) is 0 Å². The fourth-order valence-electron chi connectivity index (χ4n) is 4.92. The maximum atomic E-state index is 14.7. The molecule has 1 saturated heterocycles. The molecular weight excluding hydrogens is 604 g/mol. The Morgan fingerprint density at radius 3 is 2.44 bits per heavy atom. The summed E-state index contributed by atoms with van der Waals surface area (Å²) in [6, 6.07) is 9.30. The van der Waals surface area contributed by atoms with E-state index in [0.29, 0.717) is 0 Å². The predicted octanol–water partition coefficient (Wildman–Crippen LogP) is 4.87. The molecule has 1 N–H and O–H groups in total. The molecule has 12 heteroatoms. The van der Waals surface area contributed by atoms with Crippen LogP contribution in [0.3, 0.4) is 0 Å². The zero-order chi connectivity index (χ0) is 41.0. The molecule has 0 aliphatic carbocycles. The number of anilines is 1. The molecule has 4 rings (SSSR count). The van der Waals surface area contributed by atoms with Crippen LogP contribution in [-0.4, -0.2) is 80.2 Å². The van der Waals surface area contributed by atoms with Crippen LogP contribution in [0.15, 0.2) is 36.4 Å². The van der Waals surface area contributed by atoms with E-state index in [2.05, 4.69) is 0 Å². The first-order chi connectivity index (χ1) is 24.7. The van der Waals surface area contributed by atoms with Crippen molar-refractivity contribution in [1.29, 1.82) is 0 Å². The second kappa shape index (κ2) is 14.5. The summed E-state index contributed by atoms with van der Waals surface area (Å²) in [5, 5.41) is 9.66. The van der Waals surface area contributed by atoms with E-state index in [-0.39, 0.29) is 51.4 Å². The van der Waals surface area contributed by atoms with E-state index >= 15 is 0 Å². The maximum Gasteiger partial charge on any atom is 0.303 e. The van der Waals surface area contributed by atoms with Crippen molar-refractivity contribution in [3.05, 3.63) is 52.5 Å². The number of piperidine rings is 1. The van der Waals surface area contributed by atoms with Crippen molar-refractivity contribution in [3.8, 4) is 11.5 Å². The Bertz CT molecular complexity index is 1800. The van der Waals surface area contributed by atoms with Crippen molar-refractivity contribution >= 4 is 41.0 Å². The highest BCUT2D eigenvalue weighted by Crippen LogP contribution is 2.45. The number of halogens is 1. The summed E-state index contributed by atoms with van der Waals surface area (Å²) in [5.74, 6) is -8.21.